The molecule has 2 fully saturated rings. The number of piperidine rings is 1. The van der Waals surface area contributed by atoms with Gasteiger partial charge in [0.2, 0.25) is 5.91 Å². The van der Waals surface area contributed by atoms with Crippen LogP contribution in [-0.4, -0.2) is 48.4 Å². The smallest absolute Gasteiger partial charge is 0.251 e. The number of hydrogen-bond acceptors (Lipinski definition) is 3. The van der Waals surface area contributed by atoms with E-state index in [1.54, 1.807) is 18.2 Å². The molecule has 1 unspecified atom stereocenters. The molecular formula is C21H29Cl2N3O2. The average Bonchev–Trinajstić information content (AvgIpc) is 3.24. The molecule has 2 N–H and O–H groups in total. The van der Waals surface area contributed by atoms with E-state index in [9.17, 15) is 9.59 Å². The van der Waals surface area contributed by atoms with Crippen LogP contribution in [-0.2, 0) is 4.79 Å². The summed E-state index contributed by atoms with van der Waals surface area (Å²) < 4.78 is 0. The molecule has 0 bridgehead atoms. The van der Waals surface area contributed by atoms with Crippen LogP contribution in [0.1, 0.15) is 50.4 Å². The van der Waals surface area contributed by atoms with Gasteiger partial charge < -0.3 is 10.6 Å². The van der Waals surface area contributed by atoms with Gasteiger partial charge in [-0.15, -0.1) is 0 Å². The van der Waals surface area contributed by atoms with Crippen LogP contribution in [0.3, 0.4) is 0 Å². The van der Waals surface area contributed by atoms with Crippen molar-refractivity contribution in [3.63, 3.8) is 0 Å². The quantitative estimate of drug-likeness (QED) is 0.754. The van der Waals surface area contributed by atoms with Crippen LogP contribution in [0.2, 0.25) is 10.0 Å². The summed E-state index contributed by atoms with van der Waals surface area (Å²) >= 11 is 11.9. The third-order valence-electron chi connectivity index (χ3n) is 5.73. The van der Waals surface area contributed by atoms with Gasteiger partial charge in [-0.05, 0) is 82.7 Å². The Balaban J connectivity index is 1.42. The molecule has 1 aliphatic carbocycles. The maximum Gasteiger partial charge on any atom is 0.251 e. The van der Waals surface area contributed by atoms with Gasteiger partial charge in [0.1, 0.15) is 0 Å². The van der Waals surface area contributed by atoms with Crippen molar-refractivity contribution in [2.75, 3.05) is 26.2 Å². The van der Waals surface area contributed by atoms with E-state index in [1.807, 2.05) is 20.8 Å². The lowest BCUT2D eigenvalue weighted by Crippen LogP contribution is -2.47. The second-order valence-corrected chi connectivity index (χ2v) is 10.1. The fourth-order valence-corrected chi connectivity index (χ4v) is 4.68. The molecule has 1 aromatic carbocycles. The van der Waals surface area contributed by atoms with Crippen LogP contribution in [0, 0.1) is 11.3 Å². The number of hydrogen-bond donors (Lipinski definition) is 2. The van der Waals surface area contributed by atoms with Crippen molar-refractivity contribution in [1.82, 2.24) is 15.5 Å². The van der Waals surface area contributed by atoms with Gasteiger partial charge in [-0.3, -0.25) is 14.5 Å². The van der Waals surface area contributed by atoms with Crippen LogP contribution in [0.25, 0.3) is 0 Å². The van der Waals surface area contributed by atoms with E-state index in [0.29, 0.717) is 40.0 Å². The fourth-order valence-electron chi connectivity index (χ4n) is 4.15. The number of nitrogens with one attached hydrogen (secondary N) is 2. The predicted octanol–water partition coefficient (Wildman–Crippen LogP) is 3.74. The maximum atomic E-state index is 12.4. The zero-order chi connectivity index (χ0) is 20.5. The molecule has 2 amide bonds. The van der Waals surface area contributed by atoms with Crippen molar-refractivity contribution in [1.29, 1.82) is 0 Å². The highest BCUT2D eigenvalue weighted by molar-refractivity contribution is 6.35. The Morgan fingerprint density at radius 1 is 1.14 bits per heavy atom. The Labute approximate surface area is 177 Å². The van der Waals surface area contributed by atoms with Crippen molar-refractivity contribution in [2.45, 2.75) is 45.6 Å². The summed E-state index contributed by atoms with van der Waals surface area (Å²) in [5.74, 6) is 0.461. The number of benzene rings is 1. The number of carbonyl (C=O) groups is 2. The number of nitrogens with zero attached hydrogens (tertiary/aromatic N) is 1. The molecule has 1 saturated carbocycles. The summed E-state index contributed by atoms with van der Waals surface area (Å²) in [5.41, 5.74) is 0.629. The highest BCUT2D eigenvalue weighted by atomic mass is 35.5. The lowest BCUT2D eigenvalue weighted by atomic mass is 9.90. The first-order valence-electron chi connectivity index (χ1n) is 9.84. The Morgan fingerprint density at radius 3 is 2.32 bits per heavy atom. The third-order valence-corrected chi connectivity index (χ3v) is 6.16. The van der Waals surface area contributed by atoms with Gasteiger partial charge in [-0.1, -0.05) is 23.2 Å². The molecule has 28 heavy (non-hydrogen) atoms. The van der Waals surface area contributed by atoms with Crippen LogP contribution in [0.5, 0.6) is 0 Å². The van der Waals surface area contributed by atoms with E-state index < -0.39 is 0 Å². The van der Waals surface area contributed by atoms with Crippen molar-refractivity contribution < 1.29 is 9.59 Å². The number of amides is 2. The van der Waals surface area contributed by atoms with Gasteiger partial charge in [0.05, 0.1) is 6.54 Å². The number of rotatable bonds is 5. The first-order valence-corrected chi connectivity index (χ1v) is 10.6. The molecule has 1 heterocycles. The fraction of sp³-hybridized carbons (Fsp3) is 0.619. The Bertz CT molecular complexity index is 732. The Hall–Kier alpha value is -1.30. The normalized spacial score (nSPS) is 21.4. The molecule has 0 radical (unpaired) electrons. The summed E-state index contributed by atoms with van der Waals surface area (Å²) in [6.07, 6.45) is 3.31. The summed E-state index contributed by atoms with van der Waals surface area (Å²) in [6.45, 7) is 9.00. The topological polar surface area (TPSA) is 61.4 Å². The van der Waals surface area contributed by atoms with Gasteiger partial charge in [0.25, 0.3) is 5.91 Å². The van der Waals surface area contributed by atoms with Crippen molar-refractivity contribution in [3.8, 4) is 0 Å². The van der Waals surface area contributed by atoms with E-state index in [0.717, 1.165) is 32.4 Å². The lowest BCUT2D eigenvalue weighted by Gasteiger charge is -2.33. The molecule has 3 rings (SSSR count). The second kappa shape index (κ2) is 8.21. The van der Waals surface area contributed by atoms with Crippen LogP contribution in [0.15, 0.2) is 18.2 Å². The number of halogens is 2. The van der Waals surface area contributed by atoms with Crippen molar-refractivity contribution >= 4 is 35.0 Å². The van der Waals surface area contributed by atoms with Crippen LogP contribution < -0.4 is 10.6 Å². The molecule has 2 aliphatic rings. The molecule has 1 spiro atoms. The summed E-state index contributed by atoms with van der Waals surface area (Å²) in [7, 11) is 0. The van der Waals surface area contributed by atoms with Crippen LogP contribution >= 0.6 is 23.2 Å². The maximum absolute atomic E-state index is 12.4. The summed E-state index contributed by atoms with van der Waals surface area (Å²) in [5, 5.41) is 6.97. The molecule has 1 atom stereocenters. The van der Waals surface area contributed by atoms with Gasteiger partial charge in [0.15, 0.2) is 0 Å². The van der Waals surface area contributed by atoms with Crippen molar-refractivity contribution in [2.24, 2.45) is 11.3 Å². The molecule has 5 nitrogen and oxygen atoms in total. The second-order valence-electron chi connectivity index (χ2n) is 9.21. The Morgan fingerprint density at radius 2 is 1.75 bits per heavy atom. The lowest BCUT2D eigenvalue weighted by molar-refractivity contribution is -0.124. The van der Waals surface area contributed by atoms with Gasteiger partial charge >= 0.3 is 0 Å². The predicted molar refractivity (Wildman–Crippen MR) is 113 cm³/mol. The van der Waals surface area contributed by atoms with E-state index >= 15 is 0 Å². The first kappa shape index (κ1) is 21.4. The highest BCUT2D eigenvalue weighted by Gasteiger charge is 2.54. The Kier molecular flexibility index (Phi) is 6.28. The summed E-state index contributed by atoms with van der Waals surface area (Å²) in [4.78, 5) is 26.7. The van der Waals surface area contributed by atoms with E-state index in [-0.39, 0.29) is 17.4 Å². The minimum Gasteiger partial charge on any atom is -0.352 e. The van der Waals surface area contributed by atoms with E-state index in [1.165, 1.54) is 0 Å². The van der Waals surface area contributed by atoms with E-state index in [2.05, 4.69) is 15.5 Å². The largest absolute Gasteiger partial charge is 0.352 e. The molecule has 154 valence electrons. The molecule has 0 aromatic heterocycles. The molecule has 1 aliphatic heterocycles. The van der Waals surface area contributed by atoms with Crippen LogP contribution in [0.4, 0.5) is 0 Å². The minimum atomic E-state index is -0.193. The summed E-state index contributed by atoms with van der Waals surface area (Å²) in [6, 6.07) is 4.88. The number of likely N-dealkylation sites (tertiary alicyclic amines) is 1. The average molecular weight is 426 g/mol. The van der Waals surface area contributed by atoms with Gasteiger partial charge in [0, 0.05) is 27.7 Å². The first-order chi connectivity index (χ1) is 13.1. The molecule has 7 heteroatoms. The standard InChI is InChI=1S/C21H29Cl2N3O2/c1-20(2,3)25-18(27)13-26-6-4-21(5-7-26)11-15(21)12-24-19(28)14-8-16(22)10-17(23)9-14/h8-10,15H,4-7,11-13H2,1-3H3,(H,24,28)(H,25,27). The number of carbonyl (C=O) groups excluding carboxylic acids is 2. The zero-order valence-electron chi connectivity index (χ0n) is 16.8. The van der Waals surface area contributed by atoms with Crippen molar-refractivity contribution in [3.05, 3.63) is 33.8 Å². The monoisotopic (exact) mass is 425 g/mol. The molecule has 1 saturated heterocycles. The highest BCUT2D eigenvalue weighted by Crippen LogP contribution is 2.59. The van der Waals surface area contributed by atoms with E-state index in [4.69, 9.17) is 23.2 Å². The van der Waals surface area contributed by atoms with Gasteiger partial charge in [-0.2, -0.15) is 0 Å². The van der Waals surface area contributed by atoms with Gasteiger partial charge in [-0.25, -0.2) is 0 Å². The zero-order valence-corrected chi connectivity index (χ0v) is 18.3. The SMILES string of the molecule is CC(C)(C)NC(=O)CN1CCC2(CC1)CC2CNC(=O)c1cc(Cl)cc(Cl)c1. The minimum absolute atomic E-state index is 0.0863. The third kappa shape index (κ3) is 5.62. The molecule has 1 aromatic rings. The molecular weight excluding hydrogens is 397 g/mol.